The van der Waals surface area contributed by atoms with Gasteiger partial charge in [-0.15, -0.1) is 5.10 Å². The molecule has 1 amide bonds. The molecule has 0 aliphatic rings. The Bertz CT molecular complexity index is 919. The van der Waals surface area contributed by atoms with Crippen molar-refractivity contribution in [2.75, 3.05) is 11.1 Å². The Kier molecular flexibility index (Phi) is 5.97. The highest BCUT2D eigenvalue weighted by atomic mass is 32.2. The Hall–Kier alpha value is -3.01. The number of aromatic nitrogens is 3. The van der Waals surface area contributed by atoms with Crippen molar-refractivity contribution in [3.05, 3.63) is 54.3 Å². The van der Waals surface area contributed by atoms with Crippen molar-refractivity contribution >= 4 is 23.4 Å². The molecule has 2 aromatic carbocycles. The van der Waals surface area contributed by atoms with E-state index < -0.39 is 12.4 Å². The van der Waals surface area contributed by atoms with Gasteiger partial charge in [0.1, 0.15) is 11.6 Å². The molecular weight excluding hydrogens is 381 g/mol. The second kappa shape index (κ2) is 8.58. The molecule has 2 N–H and O–H groups in total. The van der Waals surface area contributed by atoms with Crippen molar-refractivity contribution in [3.8, 4) is 17.1 Å². The number of H-pyrrole nitrogens is 1. The van der Waals surface area contributed by atoms with E-state index in [-0.39, 0.29) is 28.8 Å². The van der Waals surface area contributed by atoms with E-state index >= 15 is 0 Å². The van der Waals surface area contributed by atoms with Crippen LogP contribution in [0.3, 0.4) is 0 Å². The number of thioether (sulfide) groups is 1. The van der Waals surface area contributed by atoms with Crippen LogP contribution in [0.25, 0.3) is 11.4 Å². The van der Waals surface area contributed by atoms with E-state index in [0.29, 0.717) is 10.8 Å². The minimum Gasteiger partial charge on any atom is -0.435 e. The molecule has 3 aromatic rings. The standard InChI is InChI=1S/C17H13F3N4O2S/c18-13-4-2-1-3-12(13)15-22-17(24-23-15)27-9-14(25)21-10-5-7-11(8-6-10)26-16(19)20/h1-8,16H,9H2,(H,21,25)(H,22,23,24). The number of carbonyl (C=O) groups is 1. The molecule has 10 heteroatoms. The highest BCUT2D eigenvalue weighted by Crippen LogP contribution is 2.22. The lowest BCUT2D eigenvalue weighted by Gasteiger charge is -2.07. The van der Waals surface area contributed by atoms with Crippen LogP contribution in [0.4, 0.5) is 18.9 Å². The molecule has 0 spiro atoms. The molecule has 27 heavy (non-hydrogen) atoms. The van der Waals surface area contributed by atoms with Crippen molar-refractivity contribution in [3.63, 3.8) is 0 Å². The van der Waals surface area contributed by atoms with Gasteiger partial charge in [-0.05, 0) is 36.4 Å². The summed E-state index contributed by atoms with van der Waals surface area (Å²) in [5, 5.41) is 9.48. The zero-order valence-electron chi connectivity index (χ0n) is 13.7. The lowest BCUT2D eigenvalue weighted by Crippen LogP contribution is -2.14. The monoisotopic (exact) mass is 394 g/mol. The number of hydrogen-bond donors (Lipinski definition) is 2. The van der Waals surface area contributed by atoms with Crippen LogP contribution in [0.15, 0.2) is 53.7 Å². The summed E-state index contributed by atoms with van der Waals surface area (Å²) in [5.74, 6) is -0.476. The predicted molar refractivity (Wildman–Crippen MR) is 94.2 cm³/mol. The van der Waals surface area contributed by atoms with Crippen LogP contribution in [-0.4, -0.2) is 33.5 Å². The van der Waals surface area contributed by atoms with Gasteiger partial charge >= 0.3 is 6.61 Å². The zero-order valence-corrected chi connectivity index (χ0v) is 14.5. The van der Waals surface area contributed by atoms with Crippen molar-refractivity contribution in [1.82, 2.24) is 15.2 Å². The van der Waals surface area contributed by atoms with Gasteiger partial charge in [-0.2, -0.15) is 8.78 Å². The second-order valence-corrected chi connectivity index (χ2v) is 6.13. The molecule has 1 heterocycles. The number of nitrogens with one attached hydrogen (secondary N) is 2. The van der Waals surface area contributed by atoms with Crippen LogP contribution in [0, 0.1) is 5.82 Å². The molecule has 0 saturated carbocycles. The van der Waals surface area contributed by atoms with Gasteiger partial charge in [-0.25, -0.2) is 9.37 Å². The molecule has 0 radical (unpaired) electrons. The number of nitrogens with zero attached hydrogens (tertiary/aromatic N) is 2. The summed E-state index contributed by atoms with van der Waals surface area (Å²) < 4.78 is 42.1. The number of amides is 1. The fourth-order valence-corrected chi connectivity index (χ4v) is 2.73. The molecule has 0 unspecified atom stereocenters. The van der Waals surface area contributed by atoms with E-state index in [2.05, 4.69) is 25.2 Å². The van der Waals surface area contributed by atoms with Crippen LogP contribution in [0.5, 0.6) is 5.75 Å². The lowest BCUT2D eigenvalue weighted by molar-refractivity contribution is -0.113. The smallest absolute Gasteiger partial charge is 0.387 e. The molecule has 0 atom stereocenters. The van der Waals surface area contributed by atoms with Crippen LogP contribution >= 0.6 is 11.8 Å². The largest absolute Gasteiger partial charge is 0.435 e. The third kappa shape index (κ3) is 5.23. The Labute approximate surface area is 156 Å². The molecule has 0 bridgehead atoms. The molecule has 0 fully saturated rings. The average molecular weight is 394 g/mol. The third-order valence-corrected chi connectivity index (χ3v) is 4.14. The van der Waals surface area contributed by atoms with Crippen LogP contribution in [0.2, 0.25) is 0 Å². The number of aromatic amines is 1. The van der Waals surface area contributed by atoms with E-state index in [4.69, 9.17) is 0 Å². The van der Waals surface area contributed by atoms with Crippen LogP contribution in [0.1, 0.15) is 0 Å². The van der Waals surface area contributed by atoms with Crippen molar-refractivity contribution in [2.24, 2.45) is 0 Å². The number of hydrogen-bond acceptors (Lipinski definition) is 5. The number of ether oxygens (including phenoxy) is 1. The topological polar surface area (TPSA) is 79.9 Å². The normalized spacial score (nSPS) is 10.8. The average Bonchev–Trinajstić information content (AvgIpc) is 3.10. The van der Waals surface area contributed by atoms with Crippen molar-refractivity contribution in [1.29, 1.82) is 0 Å². The zero-order chi connectivity index (χ0) is 19.2. The number of rotatable bonds is 7. The number of benzene rings is 2. The van der Waals surface area contributed by atoms with E-state index in [1.165, 1.54) is 30.3 Å². The van der Waals surface area contributed by atoms with Gasteiger partial charge in [0.25, 0.3) is 0 Å². The van der Waals surface area contributed by atoms with Gasteiger partial charge in [-0.3, -0.25) is 9.89 Å². The molecule has 0 saturated heterocycles. The summed E-state index contributed by atoms with van der Waals surface area (Å²) in [6.45, 7) is -2.91. The summed E-state index contributed by atoms with van der Waals surface area (Å²) in [6, 6.07) is 11.7. The Morgan fingerprint density at radius 2 is 1.93 bits per heavy atom. The summed E-state index contributed by atoms with van der Waals surface area (Å²) >= 11 is 1.07. The predicted octanol–water partition coefficient (Wildman–Crippen LogP) is 3.94. The Balaban J connectivity index is 1.53. The third-order valence-electron chi connectivity index (χ3n) is 3.29. The first-order valence-corrected chi connectivity index (χ1v) is 8.64. The van der Waals surface area contributed by atoms with Crippen LogP contribution in [-0.2, 0) is 4.79 Å². The second-order valence-electron chi connectivity index (χ2n) is 5.19. The number of carbonyl (C=O) groups excluding carboxylic acids is 1. The minimum absolute atomic E-state index is 0.00114. The SMILES string of the molecule is O=C(CSc1n[nH]c(-c2ccccc2F)n1)Nc1ccc(OC(F)F)cc1. The fraction of sp³-hybridized carbons (Fsp3) is 0.118. The molecule has 1 aromatic heterocycles. The van der Waals surface area contributed by atoms with Gasteiger partial charge < -0.3 is 10.1 Å². The molecule has 140 valence electrons. The highest BCUT2D eigenvalue weighted by Gasteiger charge is 2.12. The van der Waals surface area contributed by atoms with E-state index in [1.807, 2.05) is 0 Å². The van der Waals surface area contributed by atoms with Gasteiger partial charge in [0.15, 0.2) is 5.82 Å². The number of alkyl halides is 2. The fourth-order valence-electron chi connectivity index (χ4n) is 2.13. The van der Waals surface area contributed by atoms with Crippen molar-refractivity contribution in [2.45, 2.75) is 11.8 Å². The van der Waals surface area contributed by atoms with Gasteiger partial charge in [0.2, 0.25) is 11.1 Å². The van der Waals surface area contributed by atoms with Crippen molar-refractivity contribution < 1.29 is 22.7 Å². The van der Waals surface area contributed by atoms with E-state index in [1.54, 1.807) is 18.2 Å². The summed E-state index contributed by atoms with van der Waals surface area (Å²) in [7, 11) is 0. The Morgan fingerprint density at radius 3 is 2.63 bits per heavy atom. The summed E-state index contributed by atoms with van der Waals surface area (Å²) in [5.41, 5.74) is 0.719. The minimum atomic E-state index is -2.91. The van der Waals surface area contributed by atoms with E-state index in [0.717, 1.165) is 11.8 Å². The molecule has 0 aliphatic heterocycles. The lowest BCUT2D eigenvalue weighted by atomic mass is 10.2. The summed E-state index contributed by atoms with van der Waals surface area (Å²) in [4.78, 5) is 16.1. The maximum atomic E-state index is 13.7. The molecular formula is C17H13F3N4O2S. The molecule has 0 aliphatic carbocycles. The van der Waals surface area contributed by atoms with Gasteiger partial charge in [0, 0.05) is 5.69 Å². The number of halogens is 3. The first-order chi connectivity index (χ1) is 13.0. The Morgan fingerprint density at radius 1 is 1.19 bits per heavy atom. The highest BCUT2D eigenvalue weighted by molar-refractivity contribution is 7.99. The molecule has 6 nitrogen and oxygen atoms in total. The number of anilines is 1. The van der Waals surface area contributed by atoms with E-state index in [9.17, 15) is 18.0 Å². The first kappa shape index (κ1) is 18.8. The maximum absolute atomic E-state index is 13.7. The quantitative estimate of drug-likeness (QED) is 0.594. The maximum Gasteiger partial charge on any atom is 0.387 e. The van der Waals surface area contributed by atoms with Gasteiger partial charge in [0.05, 0.1) is 11.3 Å². The molecule has 3 rings (SSSR count). The summed E-state index contributed by atoms with van der Waals surface area (Å²) in [6.07, 6.45) is 0. The van der Waals surface area contributed by atoms with Gasteiger partial charge in [-0.1, -0.05) is 23.9 Å². The first-order valence-electron chi connectivity index (χ1n) is 7.66. The van der Waals surface area contributed by atoms with Crippen LogP contribution < -0.4 is 10.1 Å².